The van der Waals surface area contributed by atoms with E-state index in [-0.39, 0.29) is 24.9 Å². The van der Waals surface area contributed by atoms with Crippen LogP contribution in [0.5, 0.6) is 5.75 Å². The van der Waals surface area contributed by atoms with Gasteiger partial charge < -0.3 is 9.64 Å². The number of hydrogen-bond donors (Lipinski definition) is 1. The number of hydrogen-bond acceptors (Lipinski definition) is 4. The number of amides is 1. The molecule has 1 aromatic heterocycles. The molecule has 0 bridgehead atoms. The molecule has 3 aromatic rings. The Hall–Kier alpha value is -3.35. The first-order chi connectivity index (χ1) is 14.1. The number of H-pyrrole nitrogens is 1. The van der Waals surface area contributed by atoms with E-state index in [9.17, 15) is 14.4 Å². The molecule has 1 heterocycles. The first-order valence-electron chi connectivity index (χ1n) is 9.71. The van der Waals surface area contributed by atoms with Crippen molar-refractivity contribution in [3.8, 4) is 5.75 Å². The molecule has 7 heteroatoms. The molecule has 0 aliphatic heterocycles. The van der Waals surface area contributed by atoms with E-state index in [2.05, 4.69) is 4.98 Å². The van der Waals surface area contributed by atoms with Crippen molar-refractivity contribution in [2.45, 2.75) is 38.4 Å². The van der Waals surface area contributed by atoms with Crippen LogP contribution in [0.1, 0.15) is 24.8 Å². The number of benzene rings is 2. The van der Waals surface area contributed by atoms with Crippen LogP contribution in [0.15, 0.2) is 58.1 Å². The molecule has 1 amide bonds. The summed E-state index contributed by atoms with van der Waals surface area (Å²) in [5, 5.41) is 0.442. The van der Waals surface area contributed by atoms with Crippen LogP contribution in [0.4, 0.5) is 0 Å². The zero-order valence-corrected chi connectivity index (χ0v) is 16.3. The minimum absolute atomic E-state index is 0.00509. The van der Waals surface area contributed by atoms with Gasteiger partial charge >= 0.3 is 5.69 Å². The third kappa shape index (κ3) is 4.08. The number of ether oxygens (including phenoxy) is 1. The predicted octanol–water partition coefficient (Wildman–Crippen LogP) is 2.28. The molecule has 1 saturated carbocycles. The van der Waals surface area contributed by atoms with Gasteiger partial charge in [0.1, 0.15) is 5.75 Å². The van der Waals surface area contributed by atoms with E-state index in [1.165, 1.54) is 4.57 Å². The van der Waals surface area contributed by atoms with Crippen molar-refractivity contribution in [2.24, 2.45) is 0 Å². The minimum Gasteiger partial charge on any atom is -0.497 e. The summed E-state index contributed by atoms with van der Waals surface area (Å²) in [6.07, 6.45) is 2.20. The van der Waals surface area contributed by atoms with E-state index in [4.69, 9.17) is 4.74 Å². The van der Waals surface area contributed by atoms with Crippen LogP contribution in [0.3, 0.4) is 0 Å². The number of nitrogens with one attached hydrogen (secondary N) is 1. The maximum atomic E-state index is 13.0. The summed E-state index contributed by atoms with van der Waals surface area (Å²) in [4.78, 5) is 41.5. The Balaban J connectivity index is 1.51. The highest BCUT2D eigenvalue weighted by molar-refractivity contribution is 5.79. The Kier molecular flexibility index (Phi) is 5.20. The zero-order valence-electron chi connectivity index (χ0n) is 16.3. The summed E-state index contributed by atoms with van der Waals surface area (Å²) in [5.74, 6) is 0.785. The lowest BCUT2D eigenvalue weighted by Crippen LogP contribution is -2.35. The Morgan fingerprint density at radius 2 is 1.86 bits per heavy atom. The predicted molar refractivity (Wildman–Crippen MR) is 110 cm³/mol. The Morgan fingerprint density at radius 1 is 1.14 bits per heavy atom. The maximum absolute atomic E-state index is 13.0. The number of methoxy groups -OCH3 is 1. The van der Waals surface area contributed by atoms with Gasteiger partial charge in [-0.3, -0.25) is 19.1 Å². The highest BCUT2D eigenvalue weighted by atomic mass is 16.5. The second kappa shape index (κ2) is 7.95. The van der Waals surface area contributed by atoms with Gasteiger partial charge in [0, 0.05) is 25.6 Å². The molecular formula is C22H23N3O4. The molecule has 7 nitrogen and oxygen atoms in total. The van der Waals surface area contributed by atoms with Crippen LogP contribution in [0.25, 0.3) is 10.9 Å². The van der Waals surface area contributed by atoms with Crippen LogP contribution in [0, 0.1) is 0 Å². The molecule has 2 aromatic carbocycles. The van der Waals surface area contributed by atoms with Crippen molar-refractivity contribution >= 4 is 16.8 Å². The summed E-state index contributed by atoms with van der Waals surface area (Å²) in [7, 11) is 1.62. The van der Waals surface area contributed by atoms with E-state index < -0.39 is 11.2 Å². The first kappa shape index (κ1) is 19.0. The molecular weight excluding hydrogens is 370 g/mol. The summed E-state index contributed by atoms with van der Waals surface area (Å²) < 4.78 is 6.65. The average molecular weight is 393 g/mol. The largest absolute Gasteiger partial charge is 0.497 e. The topological polar surface area (TPSA) is 84.4 Å². The van der Waals surface area contributed by atoms with Crippen LogP contribution in [-0.2, 0) is 17.9 Å². The van der Waals surface area contributed by atoms with E-state index in [1.54, 1.807) is 31.4 Å². The highest BCUT2D eigenvalue weighted by Gasteiger charge is 2.32. The quantitative estimate of drug-likeness (QED) is 0.667. The number of rotatable bonds is 7. The van der Waals surface area contributed by atoms with Gasteiger partial charge in [-0.25, -0.2) is 4.79 Å². The van der Waals surface area contributed by atoms with E-state index in [0.717, 1.165) is 24.2 Å². The van der Waals surface area contributed by atoms with Crippen molar-refractivity contribution in [1.29, 1.82) is 0 Å². The Labute approximate surface area is 167 Å². The van der Waals surface area contributed by atoms with Gasteiger partial charge in [0.2, 0.25) is 5.91 Å². The number of para-hydroxylation sites is 1. The molecule has 4 rings (SSSR count). The zero-order chi connectivity index (χ0) is 20.4. The summed E-state index contributed by atoms with van der Waals surface area (Å²) in [5.41, 5.74) is 0.682. The molecule has 1 aliphatic carbocycles. The number of nitrogens with zero attached hydrogens (tertiary/aromatic N) is 2. The molecule has 1 N–H and O–H groups in total. The standard InChI is InChI=1S/C22H23N3O4/c1-29-17-10-6-15(7-11-17)14-25(16-8-9-16)20(26)12-13-24-19-5-3-2-4-18(19)21(27)23-22(24)28/h2-7,10-11,16H,8-9,12-14H2,1H3,(H,23,27,28). The van der Waals surface area contributed by atoms with Crippen molar-refractivity contribution < 1.29 is 9.53 Å². The molecule has 29 heavy (non-hydrogen) atoms. The van der Waals surface area contributed by atoms with Gasteiger partial charge in [-0.2, -0.15) is 0 Å². The van der Waals surface area contributed by atoms with Gasteiger partial charge in [0.25, 0.3) is 5.56 Å². The Bertz CT molecular complexity index is 1140. The fraction of sp³-hybridized carbons (Fsp3) is 0.318. The summed E-state index contributed by atoms with van der Waals surface area (Å²) >= 11 is 0. The third-order valence-corrected chi connectivity index (χ3v) is 5.27. The number of carbonyl (C=O) groups is 1. The normalized spacial score (nSPS) is 13.4. The Morgan fingerprint density at radius 3 is 2.55 bits per heavy atom. The van der Waals surface area contributed by atoms with Crippen molar-refractivity contribution in [1.82, 2.24) is 14.5 Å². The van der Waals surface area contributed by atoms with Crippen molar-refractivity contribution in [3.63, 3.8) is 0 Å². The lowest BCUT2D eigenvalue weighted by molar-refractivity contribution is -0.132. The molecule has 0 radical (unpaired) electrons. The van der Waals surface area contributed by atoms with Crippen LogP contribution in [-0.4, -0.2) is 33.5 Å². The van der Waals surface area contributed by atoms with Crippen molar-refractivity contribution in [2.75, 3.05) is 7.11 Å². The first-order valence-corrected chi connectivity index (χ1v) is 9.71. The second-order valence-corrected chi connectivity index (χ2v) is 7.28. The number of aromatic amines is 1. The third-order valence-electron chi connectivity index (χ3n) is 5.27. The molecule has 1 aliphatic rings. The van der Waals surface area contributed by atoms with Crippen molar-refractivity contribution in [3.05, 3.63) is 74.9 Å². The van der Waals surface area contributed by atoms with E-state index >= 15 is 0 Å². The molecule has 0 spiro atoms. The monoisotopic (exact) mass is 393 g/mol. The molecule has 150 valence electrons. The minimum atomic E-state index is -0.491. The van der Waals surface area contributed by atoms with Gasteiger partial charge in [-0.1, -0.05) is 24.3 Å². The number of aromatic nitrogens is 2. The molecule has 0 unspecified atom stereocenters. The van der Waals surface area contributed by atoms with Gasteiger partial charge in [-0.15, -0.1) is 0 Å². The maximum Gasteiger partial charge on any atom is 0.328 e. The number of carbonyl (C=O) groups excluding carboxylic acids is 1. The SMILES string of the molecule is COc1ccc(CN(C(=O)CCn2c(=O)[nH]c(=O)c3ccccc32)C2CC2)cc1. The average Bonchev–Trinajstić information content (AvgIpc) is 3.57. The lowest BCUT2D eigenvalue weighted by Gasteiger charge is -2.23. The van der Waals surface area contributed by atoms with Gasteiger partial charge in [-0.05, 0) is 42.7 Å². The molecule has 1 fully saturated rings. The van der Waals surface area contributed by atoms with Crippen LogP contribution < -0.4 is 16.0 Å². The fourth-order valence-electron chi connectivity index (χ4n) is 3.55. The molecule has 0 atom stereocenters. The lowest BCUT2D eigenvalue weighted by atomic mass is 10.2. The molecule has 0 saturated heterocycles. The van der Waals surface area contributed by atoms with Crippen LogP contribution >= 0.6 is 0 Å². The fourth-order valence-corrected chi connectivity index (χ4v) is 3.55. The van der Waals surface area contributed by atoms with Crippen LogP contribution in [0.2, 0.25) is 0 Å². The summed E-state index contributed by atoms with van der Waals surface area (Å²) in [6.45, 7) is 0.759. The van der Waals surface area contributed by atoms with Gasteiger partial charge in [0.05, 0.1) is 18.0 Å². The highest BCUT2D eigenvalue weighted by Crippen LogP contribution is 2.29. The number of aryl methyl sites for hydroxylation is 1. The van der Waals surface area contributed by atoms with E-state index in [1.807, 2.05) is 29.2 Å². The van der Waals surface area contributed by atoms with E-state index in [0.29, 0.717) is 17.4 Å². The van der Waals surface area contributed by atoms with Gasteiger partial charge in [0.15, 0.2) is 0 Å². The summed E-state index contributed by atoms with van der Waals surface area (Å²) in [6, 6.07) is 14.9. The second-order valence-electron chi connectivity index (χ2n) is 7.28. The number of fused-ring (bicyclic) bond motifs is 1. The smallest absolute Gasteiger partial charge is 0.328 e.